The summed E-state index contributed by atoms with van der Waals surface area (Å²) in [7, 11) is 0.469. The van der Waals surface area contributed by atoms with Crippen LogP contribution < -0.4 is 0 Å². The van der Waals surface area contributed by atoms with E-state index in [0.29, 0.717) is 7.92 Å². The summed E-state index contributed by atoms with van der Waals surface area (Å²) in [4.78, 5) is 0. The molecule has 1 heteroatoms. The third kappa shape index (κ3) is 1.94. The Bertz CT molecular complexity index is 153. The highest BCUT2D eigenvalue weighted by Gasteiger charge is 2.38. The van der Waals surface area contributed by atoms with E-state index in [1.54, 1.807) is 31.6 Å². The maximum atomic E-state index is 2.50. The van der Waals surface area contributed by atoms with Gasteiger partial charge in [-0.1, -0.05) is 26.7 Å². The van der Waals surface area contributed by atoms with E-state index in [9.17, 15) is 0 Å². The summed E-state index contributed by atoms with van der Waals surface area (Å²) in [6, 6.07) is 0. The molecule has 0 aromatic carbocycles. The minimum atomic E-state index is 0.469. The van der Waals surface area contributed by atoms with E-state index < -0.39 is 0 Å². The van der Waals surface area contributed by atoms with E-state index in [1.165, 1.54) is 18.5 Å². The molecule has 0 amide bonds. The van der Waals surface area contributed by atoms with Crippen LogP contribution >= 0.6 is 7.92 Å². The van der Waals surface area contributed by atoms with E-state index >= 15 is 0 Å². The summed E-state index contributed by atoms with van der Waals surface area (Å²) >= 11 is 0. The maximum absolute atomic E-state index is 2.50. The minimum absolute atomic E-state index is 0.469. The van der Waals surface area contributed by atoms with Crippen LogP contribution in [-0.2, 0) is 0 Å². The van der Waals surface area contributed by atoms with Crippen molar-refractivity contribution >= 4 is 7.92 Å². The van der Waals surface area contributed by atoms with Crippen LogP contribution in [0.2, 0.25) is 0 Å². The van der Waals surface area contributed by atoms with Crippen LogP contribution in [-0.4, -0.2) is 18.0 Å². The van der Waals surface area contributed by atoms with Crippen molar-refractivity contribution in [3.05, 3.63) is 0 Å². The molecule has 2 saturated heterocycles. The van der Waals surface area contributed by atoms with Gasteiger partial charge in [0.2, 0.25) is 0 Å². The second-order valence-corrected chi connectivity index (χ2v) is 7.62. The highest BCUT2D eigenvalue weighted by molar-refractivity contribution is 7.58. The molecule has 2 rings (SSSR count). The molecule has 2 heterocycles. The van der Waals surface area contributed by atoms with Gasteiger partial charge in [-0.3, -0.25) is 0 Å². The lowest BCUT2D eigenvalue weighted by Crippen LogP contribution is -2.20. The Labute approximate surface area is 84.2 Å². The maximum Gasteiger partial charge on any atom is -0.0155 e. The van der Waals surface area contributed by atoms with Gasteiger partial charge in [-0.25, -0.2) is 0 Å². The van der Waals surface area contributed by atoms with Crippen molar-refractivity contribution in [3.63, 3.8) is 0 Å². The standard InChI is InChI=1S/C12H23P/c1-3-10(2)12-11-6-4-5-8-13(12)9-7-11/h10-12H,3-9H2,1-2H3/t10-,11+,12+,13?/m1/s1. The number of hydrogen-bond donors (Lipinski definition) is 0. The summed E-state index contributed by atoms with van der Waals surface area (Å²) in [5, 5.41) is 0. The first-order valence-corrected chi connectivity index (χ1v) is 7.85. The SMILES string of the molecule is CC[C@@H](C)[C@H]1[C@H]2CCCCP1CC2. The van der Waals surface area contributed by atoms with Gasteiger partial charge in [-0.15, -0.1) is 7.92 Å². The summed E-state index contributed by atoms with van der Waals surface area (Å²) in [5.41, 5.74) is 1.17. The van der Waals surface area contributed by atoms with Crippen molar-refractivity contribution in [2.24, 2.45) is 11.8 Å². The molecule has 0 N–H and O–H groups in total. The number of hydrogen-bond acceptors (Lipinski definition) is 0. The molecule has 0 radical (unpaired) electrons. The molecule has 13 heavy (non-hydrogen) atoms. The zero-order chi connectivity index (χ0) is 9.26. The fourth-order valence-corrected chi connectivity index (χ4v) is 7.25. The van der Waals surface area contributed by atoms with Gasteiger partial charge in [0.15, 0.2) is 0 Å². The van der Waals surface area contributed by atoms with Crippen LogP contribution in [0.5, 0.6) is 0 Å². The molecule has 0 saturated carbocycles. The van der Waals surface area contributed by atoms with E-state index in [0.717, 1.165) is 11.8 Å². The van der Waals surface area contributed by atoms with E-state index in [-0.39, 0.29) is 0 Å². The summed E-state index contributed by atoms with van der Waals surface area (Å²) < 4.78 is 0. The van der Waals surface area contributed by atoms with Crippen LogP contribution in [0.4, 0.5) is 0 Å². The Kier molecular flexibility index (Phi) is 3.30. The van der Waals surface area contributed by atoms with E-state index in [2.05, 4.69) is 13.8 Å². The van der Waals surface area contributed by atoms with Gasteiger partial charge < -0.3 is 0 Å². The van der Waals surface area contributed by atoms with Gasteiger partial charge in [0.1, 0.15) is 0 Å². The van der Waals surface area contributed by atoms with E-state index in [1.807, 2.05) is 0 Å². The molecule has 76 valence electrons. The topological polar surface area (TPSA) is 0 Å². The van der Waals surface area contributed by atoms with E-state index in [4.69, 9.17) is 0 Å². The zero-order valence-corrected chi connectivity index (χ0v) is 10.0. The molecule has 1 unspecified atom stereocenters. The Morgan fingerprint density at radius 3 is 2.85 bits per heavy atom. The zero-order valence-electron chi connectivity index (χ0n) is 9.13. The van der Waals surface area contributed by atoms with Gasteiger partial charge in [0.25, 0.3) is 0 Å². The van der Waals surface area contributed by atoms with Crippen molar-refractivity contribution < 1.29 is 0 Å². The van der Waals surface area contributed by atoms with Crippen LogP contribution in [0.15, 0.2) is 0 Å². The van der Waals surface area contributed by atoms with Crippen molar-refractivity contribution in [2.75, 3.05) is 12.3 Å². The normalized spacial score (nSPS) is 41.5. The van der Waals surface area contributed by atoms with Gasteiger partial charge in [-0.05, 0) is 49.1 Å². The Morgan fingerprint density at radius 1 is 1.23 bits per heavy atom. The first-order chi connectivity index (χ1) is 6.33. The highest BCUT2D eigenvalue weighted by Crippen LogP contribution is 2.59. The smallest absolute Gasteiger partial charge is 0.0155 e. The minimum Gasteiger partial charge on any atom is -0.103 e. The molecule has 2 aliphatic rings. The van der Waals surface area contributed by atoms with Gasteiger partial charge >= 0.3 is 0 Å². The van der Waals surface area contributed by atoms with Gasteiger partial charge in [-0.2, -0.15) is 0 Å². The van der Waals surface area contributed by atoms with Crippen molar-refractivity contribution in [1.82, 2.24) is 0 Å². The van der Waals surface area contributed by atoms with Gasteiger partial charge in [0.05, 0.1) is 0 Å². The van der Waals surface area contributed by atoms with Crippen LogP contribution in [0.25, 0.3) is 0 Å². The first kappa shape index (κ1) is 9.97. The second kappa shape index (κ2) is 4.30. The Hall–Kier alpha value is 0.430. The molecule has 2 bridgehead atoms. The third-order valence-corrected chi connectivity index (χ3v) is 7.69. The highest BCUT2D eigenvalue weighted by atomic mass is 31.1. The lowest BCUT2D eigenvalue weighted by atomic mass is 9.88. The third-order valence-electron chi connectivity index (χ3n) is 4.19. The predicted molar refractivity (Wildman–Crippen MR) is 61.9 cm³/mol. The first-order valence-electron chi connectivity index (χ1n) is 6.07. The molecule has 4 atom stereocenters. The van der Waals surface area contributed by atoms with Crippen molar-refractivity contribution in [1.29, 1.82) is 0 Å². The van der Waals surface area contributed by atoms with Crippen molar-refractivity contribution in [2.45, 2.75) is 51.6 Å². The average Bonchev–Trinajstić information content (AvgIpc) is 2.38. The van der Waals surface area contributed by atoms with Gasteiger partial charge in [0, 0.05) is 0 Å². The second-order valence-electron chi connectivity index (χ2n) is 4.96. The molecule has 0 aliphatic carbocycles. The molecule has 0 nitrogen and oxygen atoms in total. The lowest BCUT2D eigenvalue weighted by molar-refractivity contribution is 0.381. The molecule has 0 aromatic rings. The molecular weight excluding hydrogens is 175 g/mol. The number of fused-ring (bicyclic) bond motifs is 2. The summed E-state index contributed by atoms with van der Waals surface area (Å²) in [5.74, 6) is 2.17. The molecule has 2 aliphatic heterocycles. The average molecular weight is 198 g/mol. The van der Waals surface area contributed by atoms with Crippen LogP contribution in [0, 0.1) is 11.8 Å². The molecular formula is C12H23P. The quantitative estimate of drug-likeness (QED) is 0.586. The summed E-state index contributed by atoms with van der Waals surface area (Å²) in [6.45, 7) is 4.88. The lowest BCUT2D eigenvalue weighted by Gasteiger charge is -2.28. The summed E-state index contributed by atoms with van der Waals surface area (Å²) in [6.07, 6.45) is 10.9. The van der Waals surface area contributed by atoms with Crippen molar-refractivity contribution in [3.8, 4) is 0 Å². The fourth-order valence-electron chi connectivity index (χ4n) is 3.31. The monoisotopic (exact) mass is 198 g/mol. The Morgan fingerprint density at radius 2 is 2.08 bits per heavy atom. The van der Waals surface area contributed by atoms with Crippen LogP contribution in [0.3, 0.4) is 0 Å². The molecule has 0 aromatic heterocycles. The molecule has 2 fully saturated rings. The molecule has 0 spiro atoms. The fraction of sp³-hybridized carbons (Fsp3) is 1.00. The Balaban J connectivity index is 2.07. The number of rotatable bonds is 2. The van der Waals surface area contributed by atoms with Crippen LogP contribution in [0.1, 0.15) is 46.0 Å². The largest absolute Gasteiger partial charge is 0.103 e. The predicted octanol–water partition coefficient (Wildman–Crippen LogP) is 4.09.